The molecule has 0 bridgehead atoms. The topological polar surface area (TPSA) is 59.0 Å². The van der Waals surface area contributed by atoms with Gasteiger partial charge in [-0.05, 0) is 30.2 Å². The summed E-state index contributed by atoms with van der Waals surface area (Å²) in [6, 6.07) is 7.95. The van der Waals surface area contributed by atoms with E-state index in [1.54, 1.807) is 16.9 Å². The smallest absolute Gasteiger partial charge is 0.315 e. The summed E-state index contributed by atoms with van der Waals surface area (Å²) in [4.78, 5) is 11.6. The third-order valence-electron chi connectivity index (χ3n) is 2.94. The Morgan fingerprint density at radius 3 is 2.90 bits per heavy atom. The first-order valence-electron chi connectivity index (χ1n) is 6.38. The number of aryl methyl sites for hydroxylation is 1. The molecule has 6 heteroatoms. The summed E-state index contributed by atoms with van der Waals surface area (Å²) in [7, 11) is 1.82. The van der Waals surface area contributed by atoms with E-state index < -0.39 is 0 Å². The lowest BCUT2D eigenvalue weighted by molar-refractivity contribution is 0.240. The quantitative estimate of drug-likeness (QED) is 0.871. The molecule has 0 atom stereocenters. The Bertz CT molecular complexity index is 582. The summed E-state index contributed by atoms with van der Waals surface area (Å²) in [5, 5.41) is 9.48. The van der Waals surface area contributed by atoms with E-state index in [9.17, 15) is 9.18 Å². The first-order chi connectivity index (χ1) is 9.65. The van der Waals surface area contributed by atoms with Gasteiger partial charge in [0.05, 0.1) is 12.2 Å². The highest BCUT2D eigenvalue weighted by molar-refractivity contribution is 5.73. The molecule has 0 saturated heterocycles. The Kier molecular flexibility index (Phi) is 4.70. The standard InChI is InChI=1S/C14H17FN4O/c1-19-13(6-8-18-19)10-17-14(20)16-7-5-11-3-2-4-12(15)9-11/h2-4,6,8-9H,5,7,10H2,1H3,(H2,16,17,20). The van der Waals surface area contributed by atoms with Crippen LogP contribution < -0.4 is 10.6 Å². The summed E-state index contributed by atoms with van der Waals surface area (Å²) in [5.41, 5.74) is 1.78. The number of amides is 2. The number of carbonyl (C=O) groups is 1. The van der Waals surface area contributed by atoms with Crippen molar-refractivity contribution in [3.63, 3.8) is 0 Å². The molecular formula is C14H17FN4O. The number of urea groups is 1. The average Bonchev–Trinajstić information content (AvgIpc) is 2.82. The summed E-state index contributed by atoms with van der Waals surface area (Å²) < 4.78 is 14.7. The van der Waals surface area contributed by atoms with Gasteiger partial charge in [-0.1, -0.05) is 12.1 Å². The van der Waals surface area contributed by atoms with E-state index in [1.807, 2.05) is 19.2 Å². The van der Waals surface area contributed by atoms with Crippen LogP contribution in [0.3, 0.4) is 0 Å². The minimum absolute atomic E-state index is 0.248. The highest BCUT2D eigenvalue weighted by atomic mass is 19.1. The molecule has 0 fully saturated rings. The molecule has 20 heavy (non-hydrogen) atoms. The molecule has 2 aromatic rings. The molecule has 0 spiro atoms. The van der Waals surface area contributed by atoms with Crippen molar-refractivity contribution in [1.29, 1.82) is 0 Å². The maximum atomic E-state index is 13.0. The molecule has 0 aliphatic rings. The lowest BCUT2D eigenvalue weighted by atomic mass is 10.1. The first kappa shape index (κ1) is 14.0. The highest BCUT2D eigenvalue weighted by Crippen LogP contribution is 2.03. The molecule has 0 radical (unpaired) electrons. The molecular weight excluding hydrogens is 259 g/mol. The summed E-state index contributed by atoms with van der Waals surface area (Å²) in [5.74, 6) is -0.261. The number of nitrogens with one attached hydrogen (secondary N) is 2. The number of benzene rings is 1. The number of hydrogen-bond acceptors (Lipinski definition) is 2. The number of carbonyl (C=O) groups excluding carboxylic acids is 1. The number of rotatable bonds is 5. The normalized spacial score (nSPS) is 10.3. The molecule has 106 valence electrons. The predicted octanol–water partition coefficient (Wildman–Crippen LogP) is 1.60. The molecule has 1 heterocycles. The Morgan fingerprint density at radius 1 is 1.35 bits per heavy atom. The van der Waals surface area contributed by atoms with E-state index in [0.717, 1.165) is 11.3 Å². The van der Waals surface area contributed by atoms with Gasteiger partial charge in [0.2, 0.25) is 0 Å². The van der Waals surface area contributed by atoms with Crippen molar-refractivity contribution in [2.75, 3.05) is 6.54 Å². The average molecular weight is 276 g/mol. The van der Waals surface area contributed by atoms with Gasteiger partial charge in [0.25, 0.3) is 0 Å². The van der Waals surface area contributed by atoms with Gasteiger partial charge in [-0.15, -0.1) is 0 Å². The van der Waals surface area contributed by atoms with E-state index in [-0.39, 0.29) is 11.8 Å². The van der Waals surface area contributed by atoms with Crippen LogP contribution in [-0.2, 0) is 20.0 Å². The molecule has 2 N–H and O–H groups in total. The second-order valence-corrected chi connectivity index (χ2v) is 4.44. The van der Waals surface area contributed by atoms with E-state index in [1.165, 1.54) is 12.1 Å². The summed E-state index contributed by atoms with van der Waals surface area (Å²) in [6.45, 7) is 0.878. The van der Waals surface area contributed by atoms with Crippen LogP contribution in [0.5, 0.6) is 0 Å². The maximum absolute atomic E-state index is 13.0. The number of halogens is 1. The van der Waals surface area contributed by atoms with Crippen LogP contribution in [-0.4, -0.2) is 22.4 Å². The van der Waals surface area contributed by atoms with Crippen molar-refractivity contribution in [2.24, 2.45) is 7.05 Å². The van der Waals surface area contributed by atoms with Gasteiger partial charge in [0.15, 0.2) is 0 Å². The van der Waals surface area contributed by atoms with Gasteiger partial charge in [-0.2, -0.15) is 5.10 Å². The molecule has 1 aromatic carbocycles. The van der Waals surface area contributed by atoms with Crippen LogP contribution in [0.1, 0.15) is 11.3 Å². The third kappa shape index (κ3) is 4.08. The zero-order valence-electron chi connectivity index (χ0n) is 11.3. The van der Waals surface area contributed by atoms with Crippen LogP contribution in [0.2, 0.25) is 0 Å². The predicted molar refractivity (Wildman–Crippen MR) is 73.6 cm³/mol. The second-order valence-electron chi connectivity index (χ2n) is 4.44. The second kappa shape index (κ2) is 6.70. The van der Waals surface area contributed by atoms with Crippen molar-refractivity contribution >= 4 is 6.03 Å². The third-order valence-corrected chi connectivity index (χ3v) is 2.94. The van der Waals surface area contributed by atoms with E-state index in [4.69, 9.17) is 0 Å². The van der Waals surface area contributed by atoms with Gasteiger partial charge in [-0.3, -0.25) is 4.68 Å². The molecule has 0 aliphatic carbocycles. The van der Waals surface area contributed by atoms with Crippen LogP contribution in [0.25, 0.3) is 0 Å². The SMILES string of the molecule is Cn1nccc1CNC(=O)NCCc1cccc(F)c1. The Labute approximate surface area is 116 Å². The molecule has 5 nitrogen and oxygen atoms in total. The number of hydrogen-bond donors (Lipinski definition) is 2. The first-order valence-corrected chi connectivity index (χ1v) is 6.38. The summed E-state index contributed by atoms with van der Waals surface area (Å²) >= 11 is 0. The van der Waals surface area contributed by atoms with Crippen LogP contribution >= 0.6 is 0 Å². The van der Waals surface area contributed by atoms with Crippen molar-refractivity contribution in [2.45, 2.75) is 13.0 Å². The molecule has 0 unspecified atom stereocenters. The van der Waals surface area contributed by atoms with Gasteiger partial charge in [0, 0.05) is 19.8 Å². The molecule has 0 saturated carbocycles. The van der Waals surface area contributed by atoms with Crippen LogP contribution in [0.4, 0.5) is 9.18 Å². The van der Waals surface area contributed by atoms with Crippen molar-refractivity contribution in [3.05, 3.63) is 53.6 Å². The Balaban J connectivity index is 1.69. The molecule has 1 aromatic heterocycles. The summed E-state index contributed by atoms with van der Waals surface area (Å²) in [6.07, 6.45) is 2.27. The largest absolute Gasteiger partial charge is 0.338 e. The fourth-order valence-electron chi connectivity index (χ4n) is 1.82. The van der Waals surface area contributed by atoms with Crippen molar-refractivity contribution in [1.82, 2.24) is 20.4 Å². The van der Waals surface area contributed by atoms with E-state index >= 15 is 0 Å². The lowest BCUT2D eigenvalue weighted by Crippen LogP contribution is -2.36. The lowest BCUT2D eigenvalue weighted by Gasteiger charge is -2.08. The van der Waals surface area contributed by atoms with Gasteiger partial charge < -0.3 is 10.6 Å². The monoisotopic (exact) mass is 276 g/mol. The molecule has 2 amide bonds. The van der Waals surface area contributed by atoms with E-state index in [0.29, 0.717) is 19.5 Å². The zero-order valence-corrected chi connectivity index (χ0v) is 11.3. The van der Waals surface area contributed by atoms with Crippen LogP contribution in [0, 0.1) is 5.82 Å². The highest BCUT2D eigenvalue weighted by Gasteiger charge is 2.03. The van der Waals surface area contributed by atoms with Crippen molar-refractivity contribution < 1.29 is 9.18 Å². The van der Waals surface area contributed by atoms with Crippen molar-refractivity contribution in [3.8, 4) is 0 Å². The van der Waals surface area contributed by atoms with Gasteiger partial charge in [0.1, 0.15) is 5.82 Å². The number of nitrogens with zero attached hydrogens (tertiary/aromatic N) is 2. The fourth-order valence-corrected chi connectivity index (χ4v) is 1.82. The van der Waals surface area contributed by atoms with Gasteiger partial charge in [-0.25, -0.2) is 9.18 Å². The number of aromatic nitrogens is 2. The minimum atomic E-state index is -0.261. The van der Waals surface area contributed by atoms with Gasteiger partial charge >= 0.3 is 6.03 Å². The fraction of sp³-hybridized carbons (Fsp3) is 0.286. The van der Waals surface area contributed by atoms with E-state index in [2.05, 4.69) is 15.7 Å². The maximum Gasteiger partial charge on any atom is 0.315 e. The Morgan fingerprint density at radius 2 is 2.20 bits per heavy atom. The zero-order chi connectivity index (χ0) is 14.4. The van der Waals surface area contributed by atoms with Crippen LogP contribution in [0.15, 0.2) is 36.5 Å². The Hall–Kier alpha value is -2.37. The molecule has 0 aliphatic heterocycles. The molecule has 2 rings (SSSR count). The minimum Gasteiger partial charge on any atom is -0.338 e.